The van der Waals surface area contributed by atoms with Crippen molar-refractivity contribution in [2.45, 2.75) is 24.3 Å². The van der Waals surface area contributed by atoms with Crippen molar-refractivity contribution in [1.82, 2.24) is 9.97 Å². The number of halogens is 3. The van der Waals surface area contributed by atoms with Crippen LogP contribution >= 0.6 is 11.8 Å². The zero-order valence-corrected chi connectivity index (χ0v) is 14.7. The third-order valence-corrected chi connectivity index (χ3v) is 4.32. The minimum Gasteiger partial charge on any atom is -0.439 e. The highest BCUT2D eigenvalue weighted by molar-refractivity contribution is 7.98. The predicted octanol–water partition coefficient (Wildman–Crippen LogP) is 5.54. The van der Waals surface area contributed by atoms with Crippen molar-refractivity contribution in [3.63, 3.8) is 0 Å². The molecule has 0 N–H and O–H groups in total. The minimum absolute atomic E-state index is 0.287. The number of ether oxygens (including phenoxy) is 1. The first-order valence-electron chi connectivity index (χ1n) is 7.91. The van der Waals surface area contributed by atoms with Crippen molar-refractivity contribution < 1.29 is 17.9 Å². The van der Waals surface area contributed by atoms with E-state index in [1.807, 2.05) is 6.92 Å². The highest BCUT2D eigenvalue weighted by Crippen LogP contribution is 2.26. The lowest BCUT2D eigenvalue weighted by Gasteiger charge is -2.09. The molecular formula is C19H15F3N2OS. The molecule has 0 aliphatic carbocycles. The summed E-state index contributed by atoms with van der Waals surface area (Å²) in [5.41, 5.74) is 1.24. The Morgan fingerprint density at radius 2 is 1.69 bits per heavy atom. The summed E-state index contributed by atoms with van der Waals surface area (Å²) in [4.78, 5) is 8.67. The second kappa shape index (κ2) is 8.23. The number of nitrogens with zero attached hydrogens (tertiary/aromatic N) is 2. The van der Waals surface area contributed by atoms with Gasteiger partial charge in [0.25, 0.3) is 0 Å². The monoisotopic (exact) mass is 376 g/mol. The van der Waals surface area contributed by atoms with Crippen LogP contribution in [-0.2, 0) is 12.2 Å². The molecule has 134 valence electrons. The van der Waals surface area contributed by atoms with Gasteiger partial charge in [0, 0.05) is 29.6 Å². The van der Waals surface area contributed by atoms with Crippen molar-refractivity contribution in [3.05, 3.63) is 77.2 Å². The Kier molecular flexibility index (Phi) is 5.78. The van der Waals surface area contributed by atoms with Crippen LogP contribution in [0, 0.1) is 17.5 Å². The van der Waals surface area contributed by atoms with E-state index in [0.717, 1.165) is 11.8 Å². The SMILES string of the molecule is CCc1cc(Oc2cccc(F)c2)nc(SCc2cc(F)cc(F)c2)n1. The maximum Gasteiger partial charge on any atom is 0.223 e. The maximum atomic E-state index is 13.3. The number of benzene rings is 2. The lowest BCUT2D eigenvalue weighted by molar-refractivity contribution is 0.449. The number of thioether (sulfide) groups is 1. The maximum absolute atomic E-state index is 13.3. The quantitative estimate of drug-likeness (QED) is 0.418. The van der Waals surface area contributed by atoms with E-state index in [2.05, 4.69) is 9.97 Å². The lowest BCUT2D eigenvalue weighted by atomic mass is 10.2. The Bertz CT molecular complexity index is 901. The normalized spacial score (nSPS) is 10.8. The molecule has 0 saturated heterocycles. The standard InChI is InChI=1S/C19H15F3N2OS/c1-2-16-10-18(25-17-5-3-4-13(20)9-17)24-19(23-16)26-11-12-6-14(21)8-15(22)7-12/h3-10H,2,11H2,1H3. The molecule has 0 bridgehead atoms. The second-order valence-corrected chi connectivity index (χ2v) is 6.40. The van der Waals surface area contributed by atoms with Gasteiger partial charge in [0.15, 0.2) is 5.16 Å². The van der Waals surface area contributed by atoms with E-state index in [9.17, 15) is 13.2 Å². The molecule has 26 heavy (non-hydrogen) atoms. The lowest BCUT2D eigenvalue weighted by Crippen LogP contribution is -1.98. The molecule has 0 saturated carbocycles. The molecule has 0 radical (unpaired) electrons. The van der Waals surface area contributed by atoms with Crippen LogP contribution in [0.1, 0.15) is 18.2 Å². The van der Waals surface area contributed by atoms with Gasteiger partial charge in [-0.25, -0.2) is 18.2 Å². The van der Waals surface area contributed by atoms with Gasteiger partial charge in [-0.05, 0) is 36.2 Å². The first-order valence-corrected chi connectivity index (χ1v) is 8.89. The molecule has 0 aliphatic rings. The van der Waals surface area contributed by atoms with Gasteiger partial charge in [-0.1, -0.05) is 24.8 Å². The zero-order valence-electron chi connectivity index (χ0n) is 13.9. The van der Waals surface area contributed by atoms with E-state index in [4.69, 9.17) is 4.74 Å². The minimum atomic E-state index is -0.626. The van der Waals surface area contributed by atoms with Gasteiger partial charge in [-0.3, -0.25) is 0 Å². The van der Waals surface area contributed by atoms with Gasteiger partial charge in [-0.2, -0.15) is 4.98 Å². The molecule has 0 amide bonds. The molecule has 0 atom stereocenters. The van der Waals surface area contributed by atoms with E-state index in [1.54, 1.807) is 18.2 Å². The molecule has 1 aromatic heterocycles. The van der Waals surface area contributed by atoms with Crippen molar-refractivity contribution in [2.24, 2.45) is 0 Å². The summed E-state index contributed by atoms with van der Waals surface area (Å²) < 4.78 is 45.5. The van der Waals surface area contributed by atoms with Crippen molar-refractivity contribution in [2.75, 3.05) is 0 Å². The molecule has 1 heterocycles. The Morgan fingerprint density at radius 1 is 0.923 bits per heavy atom. The van der Waals surface area contributed by atoms with Crippen molar-refractivity contribution in [1.29, 1.82) is 0 Å². The summed E-state index contributed by atoms with van der Waals surface area (Å²) in [5.74, 6) is -0.737. The third kappa shape index (κ3) is 4.98. The summed E-state index contributed by atoms with van der Waals surface area (Å²) in [6.45, 7) is 1.94. The van der Waals surface area contributed by atoms with Gasteiger partial charge in [0.1, 0.15) is 23.2 Å². The first kappa shape index (κ1) is 18.3. The fourth-order valence-electron chi connectivity index (χ4n) is 2.24. The van der Waals surface area contributed by atoms with Gasteiger partial charge < -0.3 is 4.74 Å². The van der Waals surface area contributed by atoms with E-state index >= 15 is 0 Å². The molecule has 0 aliphatic heterocycles. The number of hydrogen-bond donors (Lipinski definition) is 0. The van der Waals surface area contributed by atoms with E-state index in [-0.39, 0.29) is 5.88 Å². The average molecular weight is 376 g/mol. The van der Waals surface area contributed by atoms with Crippen LogP contribution < -0.4 is 4.74 Å². The molecule has 3 rings (SSSR count). The highest BCUT2D eigenvalue weighted by atomic mass is 32.2. The molecule has 3 nitrogen and oxygen atoms in total. The third-order valence-electron chi connectivity index (χ3n) is 3.41. The molecule has 0 fully saturated rings. The molecule has 0 unspecified atom stereocenters. The Hall–Kier alpha value is -2.54. The summed E-state index contributed by atoms with van der Waals surface area (Å²) in [6, 6.07) is 10.8. The predicted molar refractivity (Wildman–Crippen MR) is 93.8 cm³/mol. The summed E-state index contributed by atoms with van der Waals surface area (Å²) >= 11 is 1.24. The van der Waals surface area contributed by atoms with Gasteiger partial charge >= 0.3 is 0 Å². The number of aryl methyl sites for hydroxylation is 1. The molecule has 2 aromatic carbocycles. The molecule has 7 heteroatoms. The van der Waals surface area contributed by atoms with E-state index in [1.165, 1.54) is 36.0 Å². The summed E-state index contributed by atoms with van der Waals surface area (Å²) in [6.07, 6.45) is 0.657. The first-order chi connectivity index (χ1) is 12.5. The van der Waals surface area contributed by atoms with E-state index in [0.29, 0.717) is 28.6 Å². The van der Waals surface area contributed by atoms with Crippen LogP contribution in [0.5, 0.6) is 11.6 Å². The van der Waals surface area contributed by atoms with Gasteiger partial charge in [-0.15, -0.1) is 0 Å². The largest absolute Gasteiger partial charge is 0.439 e. The van der Waals surface area contributed by atoms with Gasteiger partial charge in [0.2, 0.25) is 5.88 Å². The number of aromatic nitrogens is 2. The van der Waals surface area contributed by atoms with E-state index < -0.39 is 17.5 Å². The number of hydrogen-bond acceptors (Lipinski definition) is 4. The Morgan fingerprint density at radius 3 is 2.38 bits per heavy atom. The summed E-state index contributed by atoms with van der Waals surface area (Å²) in [7, 11) is 0. The molecule has 0 spiro atoms. The smallest absolute Gasteiger partial charge is 0.223 e. The Labute approximate surface area is 153 Å². The fourth-order valence-corrected chi connectivity index (χ4v) is 3.04. The van der Waals surface area contributed by atoms with Crippen LogP contribution in [0.15, 0.2) is 53.7 Å². The average Bonchev–Trinajstić information content (AvgIpc) is 2.59. The number of rotatable bonds is 6. The van der Waals surface area contributed by atoms with Crippen molar-refractivity contribution >= 4 is 11.8 Å². The van der Waals surface area contributed by atoms with Crippen molar-refractivity contribution in [3.8, 4) is 11.6 Å². The molecule has 3 aromatic rings. The Balaban J connectivity index is 1.78. The molecular weight excluding hydrogens is 361 g/mol. The topological polar surface area (TPSA) is 35.0 Å². The van der Waals surface area contributed by atoms with Crippen LogP contribution in [-0.4, -0.2) is 9.97 Å². The second-order valence-electron chi connectivity index (χ2n) is 5.46. The van der Waals surface area contributed by atoms with Crippen LogP contribution in [0.25, 0.3) is 0 Å². The zero-order chi connectivity index (χ0) is 18.5. The van der Waals surface area contributed by atoms with Crippen LogP contribution in [0.4, 0.5) is 13.2 Å². The summed E-state index contributed by atoms with van der Waals surface area (Å²) in [5, 5.41) is 0.417. The fraction of sp³-hybridized carbons (Fsp3) is 0.158. The van der Waals surface area contributed by atoms with Crippen LogP contribution in [0.2, 0.25) is 0 Å². The van der Waals surface area contributed by atoms with Gasteiger partial charge in [0.05, 0.1) is 0 Å². The van der Waals surface area contributed by atoms with Crippen LogP contribution in [0.3, 0.4) is 0 Å². The highest BCUT2D eigenvalue weighted by Gasteiger charge is 2.09.